The Balaban J connectivity index is 2.01. The van der Waals surface area contributed by atoms with Crippen molar-refractivity contribution in [3.8, 4) is 0 Å². The number of aromatic amines is 1. The summed E-state index contributed by atoms with van der Waals surface area (Å²) in [4.78, 5) is 11.7. The lowest BCUT2D eigenvalue weighted by molar-refractivity contribution is -0.115. The number of carbonyl (C=O) groups is 1. The van der Waals surface area contributed by atoms with E-state index in [0.29, 0.717) is 11.5 Å². The van der Waals surface area contributed by atoms with Crippen molar-refractivity contribution >= 4 is 17.4 Å². The molecule has 17 heavy (non-hydrogen) atoms. The summed E-state index contributed by atoms with van der Waals surface area (Å²) in [6.45, 7) is 1.87. The number of anilines is 2. The zero-order chi connectivity index (χ0) is 12.3. The molecule has 0 aliphatic carbocycles. The highest BCUT2D eigenvalue weighted by atomic mass is 16.1. The van der Waals surface area contributed by atoms with Gasteiger partial charge in [-0.15, -0.1) is 0 Å². The maximum atomic E-state index is 11.7. The van der Waals surface area contributed by atoms with Gasteiger partial charge in [-0.05, 0) is 18.6 Å². The van der Waals surface area contributed by atoms with Gasteiger partial charge in [0, 0.05) is 17.4 Å². The number of para-hydroxylation sites is 1. The number of hydrogen-bond acceptors (Lipinski definition) is 3. The SMILES string of the molecule is Cc1cc(NC(=O)Cc2ccccc2N)n[nH]1. The van der Waals surface area contributed by atoms with Crippen LogP contribution in [0.3, 0.4) is 0 Å². The van der Waals surface area contributed by atoms with E-state index in [1.54, 1.807) is 12.1 Å². The van der Waals surface area contributed by atoms with Gasteiger partial charge in [-0.25, -0.2) is 0 Å². The summed E-state index contributed by atoms with van der Waals surface area (Å²) in [7, 11) is 0. The van der Waals surface area contributed by atoms with Gasteiger partial charge in [-0.1, -0.05) is 18.2 Å². The molecule has 5 heteroatoms. The third-order valence-corrected chi connectivity index (χ3v) is 2.38. The number of carbonyl (C=O) groups excluding carboxylic acids is 1. The highest BCUT2D eigenvalue weighted by Gasteiger charge is 2.07. The van der Waals surface area contributed by atoms with Gasteiger partial charge in [0.2, 0.25) is 5.91 Å². The number of aromatic nitrogens is 2. The monoisotopic (exact) mass is 230 g/mol. The molecule has 1 aromatic carbocycles. The average Bonchev–Trinajstić information content (AvgIpc) is 2.67. The Morgan fingerprint density at radius 1 is 1.47 bits per heavy atom. The normalized spacial score (nSPS) is 10.2. The smallest absolute Gasteiger partial charge is 0.230 e. The van der Waals surface area contributed by atoms with Crippen molar-refractivity contribution in [1.82, 2.24) is 10.2 Å². The van der Waals surface area contributed by atoms with Crippen molar-refractivity contribution < 1.29 is 4.79 Å². The predicted octanol–water partition coefficient (Wildman–Crippen LogP) is 1.48. The van der Waals surface area contributed by atoms with Crippen LogP contribution in [0.25, 0.3) is 0 Å². The highest BCUT2D eigenvalue weighted by molar-refractivity contribution is 5.92. The van der Waals surface area contributed by atoms with Crippen LogP contribution in [0.4, 0.5) is 11.5 Å². The van der Waals surface area contributed by atoms with E-state index in [-0.39, 0.29) is 12.3 Å². The molecule has 0 aliphatic heterocycles. The summed E-state index contributed by atoms with van der Waals surface area (Å²) in [6.07, 6.45) is 0.249. The summed E-state index contributed by atoms with van der Waals surface area (Å²) in [5.74, 6) is 0.399. The second-order valence-electron chi connectivity index (χ2n) is 3.86. The summed E-state index contributed by atoms with van der Waals surface area (Å²) < 4.78 is 0. The number of H-pyrrole nitrogens is 1. The van der Waals surface area contributed by atoms with E-state index in [2.05, 4.69) is 15.5 Å². The number of nitrogens with one attached hydrogen (secondary N) is 2. The molecule has 1 aromatic heterocycles. The van der Waals surface area contributed by atoms with Gasteiger partial charge in [-0.3, -0.25) is 9.89 Å². The Labute approximate surface area is 99.0 Å². The Kier molecular flexibility index (Phi) is 3.09. The molecule has 0 saturated carbocycles. The molecule has 0 radical (unpaired) electrons. The molecule has 0 unspecified atom stereocenters. The second-order valence-corrected chi connectivity index (χ2v) is 3.86. The Hall–Kier alpha value is -2.30. The van der Waals surface area contributed by atoms with Crippen LogP contribution in [0.5, 0.6) is 0 Å². The zero-order valence-corrected chi connectivity index (χ0v) is 9.53. The van der Waals surface area contributed by atoms with Gasteiger partial charge in [-0.2, -0.15) is 5.10 Å². The van der Waals surface area contributed by atoms with Crippen molar-refractivity contribution in [2.75, 3.05) is 11.1 Å². The molecule has 0 spiro atoms. The van der Waals surface area contributed by atoms with Gasteiger partial charge >= 0.3 is 0 Å². The van der Waals surface area contributed by atoms with Crippen LogP contribution in [0.1, 0.15) is 11.3 Å². The standard InChI is InChI=1S/C12H14N4O/c1-8-6-11(16-15-8)14-12(17)7-9-4-2-3-5-10(9)13/h2-6H,7,13H2,1H3,(H2,14,15,16,17). The van der Waals surface area contributed by atoms with E-state index in [4.69, 9.17) is 5.73 Å². The van der Waals surface area contributed by atoms with Gasteiger partial charge in [0.05, 0.1) is 6.42 Å². The summed E-state index contributed by atoms with van der Waals surface area (Å²) >= 11 is 0. The summed E-state index contributed by atoms with van der Waals surface area (Å²) in [6, 6.07) is 9.09. The number of rotatable bonds is 3. The van der Waals surface area contributed by atoms with Crippen molar-refractivity contribution in [3.05, 3.63) is 41.6 Å². The van der Waals surface area contributed by atoms with Crippen LogP contribution >= 0.6 is 0 Å². The molecule has 2 rings (SSSR count). The average molecular weight is 230 g/mol. The fraction of sp³-hybridized carbons (Fsp3) is 0.167. The lowest BCUT2D eigenvalue weighted by atomic mass is 10.1. The predicted molar refractivity (Wildman–Crippen MR) is 66.5 cm³/mol. The van der Waals surface area contributed by atoms with Gasteiger partial charge in [0.25, 0.3) is 0 Å². The van der Waals surface area contributed by atoms with Crippen molar-refractivity contribution in [2.45, 2.75) is 13.3 Å². The van der Waals surface area contributed by atoms with Gasteiger partial charge in [0.1, 0.15) is 0 Å². The van der Waals surface area contributed by atoms with Gasteiger partial charge < -0.3 is 11.1 Å². The van der Waals surface area contributed by atoms with E-state index in [1.165, 1.54) is 0 Å². The molecule has 0 saturated heterocycles. The minimum Gasteiger partial charge on any atom is -0.398 e. The molecule has 88 valence electrons. The number of nitrogen functional groups attached to an aromatic ring is 1. The van der Waals surface area contributed by atoms with Gasteiger partial charge in [0.15, 0.2) is 5.82 Å². The zero-order valence-electron chi connectivity index (χ0n) is 9.53. The first-order valence-corrected chi connectivity index (χ1v) is 5.30. The molecule has 5 nitrogen and oxygen atoms in total. The maximum absolute atomic E-state index is 11.7. The van der Waals surface area contributed by atoms with E-state index in [1.807, 2.05) is 25.1 Å². The maximum Gasteiger partial charge on any atom is 0.230 e. The third-order valence-electron chi connectivity index (χ3n) is 2.38. The van der Waals surface area contributed by atoms with Crippen LogP contribution in [-0.4, -0.2) is 16.1 Å². The number of nitrogens with two attached hydrogens (primary N) is 1. The lowest BCUT2D eigenvalue weighted by Crippen LogP contribution is -2.15. The number of hydrogen-bond donors (Lipinski definition) is 3. The van der Waals surface area contributed by atoms with Crippen molar-refractivity contribution in [1.29, 1.82) is 0 Å². The van der Waals surface area contributed by atoms with Crippen LogP contribution < -0.4 is 11.1 Å². The lowest BCUT2D eigenvalue weighted by Gasteiger charge is -2.04. The molecular formula is C12H14N4O. The third kappa shape index (κ3) is 2.84. The van der Waals surface area contributed by atoms with E-state index >= 15 is 0 Å². The largest absolute Gasteiger partial charge is 0.398 e. The molecular weight excluding hydrogens is 216 g/mol. The minimum absolute atomic E-state index is 0.130. The number of benzene rings is 1. The van der Waals surface area contributed by atoms with Crippen molar-refractivity contribution in [3.63, 3.8) is 0 Å². The first kappa shape index (κ1) is 11.2. The quantitative estimate of drug-likeness (QED) is 0.698. The molecule has 0 bridgehead atoms. The molecule has 0 fully saturated rings. The molecule has 1 amide bonds. The second kappa shape index (κ2) is 4.69. The first-order valence-electron chi connectivity index (χ1n) is 5.30. The molecule has 0 atom stereocenters. The first-order chi connectivity index (χ1) is 8.15. The topological polar surface area (TPSA) is 83.8 Å². The fourth-order valence-electron chi connectivity index (χ4n) is 1.54. The van der Waals surface area contributed by atoms with E-state index in [9.17, 15) is 4.79 Å². The molecule has 4 N–H and O–H groups in total. The van der Waals surface area contributed by atoms with Crippen molar-refractivity contribution in [2.24, 2.45) is 0 Å². The minimum atomic E-state index is -0.130. The van der Waals surface area contributed by atoms with Crippen LogP contribution in [0, 0.1) is 6.92 Å². The molecule has 1 heterocycles. The Bertz CT molecular complexity index is 533. The molecule has 2 aromatic rings. The Morgan fingerprint density at radius 2 is 2.24 bits per heavy atom. The van der Waals surface area contributed by atoms with E-state index < -0.39 is 0 Å². The fourth-order valence-corrected chi connectivity index (χ4v) is 1.54. The molecule has 0 aliphatic rings. The van der Waals surface area contributed by atoms with Crippen LogP contribution in [-0.2, 0) is 11.2 Å². The van der Waals surface area contributed by atoms with Crippen LogP contribution in [0.2, 0.25) is 0 Å². The summed E-state index contributed by atoms with van der Waals surface area (Å²) in [5.41, 5.74) is 8.11. The summed E-state index contributed by atoms with van der Waals surface area (Å²) in [5, 5.41) is 9.39. The highest BCUT2D eigenvalue weighted by Crippen LogP contribution is 2.12. The van der Waals surface area contributed by atoms with E-state index in [0.717, 1.165) is 11.3 Å². The number of nitrogens with zero attached hydrogens (tertiary/aromatic N) is 1. The Morgan fingerprint density at radius 3 is 2.88 bits per heavy atom. The number of aryl methyl sites for hydroxylation is 1. The van der Waals surface area contributed by atoms with Crippen LogP contribution in [0.15, 0.2) is 30.3 Å². The number of amides is 1.